The highest BCUT2D eigenvalue weighted by Crippen LogP contribution is 2.52. The number of nitrogens with one attached hydrogen (secondary N) is 1. The van der Waals surface area contributed by atoms with Crippen LogP contribution in [0.25, 0.3) is 22.6 Å². The highest BCUT2D eigenvalue weighted by molar-refractivity contribution is 7.85. The number of para-hydroxylation sites is 3. The molecule has 37 nitrogen and oxygen atoms in total. The first kappa shape index (κ1) is 78.5. The lowest BCUT2D eigenvalue weighted by Gasteiger charge is -2.25. The van der Waals surface area contributed by atoms with Crippen molar-refractivity contribution in [2.45, 2.75) is 111 Å². The van der Waals surface area contributed by atoms with Crippen molar-refractivity contribution in [3.63, 3.8) is 0 Å². The molecule has 102 heavy (non-hydrogen) atoms. The summed E-state index contributed by atoms with van der Waals surface area (Å²) in [6.07, 6.45) is 10.6. The van der Waals surface area contributed by atoms with Crippen molar-refractivity contribution in [1.82, 2.24) is 83.4 Å². The summed E-state index contributed by atoms with van der Waals surface area (Å²) >= 11 is 5.97. The number of aromatic nitrogens is 16. The highest BCUT2D eigenvalue weighted by atomic mass is 35.7. The molecule has 0 fully saturated rings. The number of ether oxygens (including phenoxy) is 5. The molecule has 3 unspecified atom stereocenters. The Balaban J connectivity index is 0.000000176. The topological polar surface area (TPSA) is 508 Å². The molecule has 0 bridgehead atoms. The van der Waals surface area contributed by atoms with Crippen molar-refractivity contribution in [2.24, 2.45) is 0 Å². The molecule has 0 spiro atoms. The number of halogens is 1. The second kappa shape index (κ2) is 36.1. The molecular formula is C60H78ClN21O16P4. The number of benzene rings is 3. The van der Waals surface area contributed by atoms with Crippen LogP contribution in [0.4, 0.5) is 23.8 Å². The molecule has 0 saturated carbocycles. The quantitative estimate of drug-likeness (QED) is 0.0159. The lowest BCUT2D eigenvalue weighted by molar-refractivity contribution is -0.149. The first-order valence-electron chi connectivity index (χ1n) is 31.1. The second-order valence-corrected chi connectivity index (χ2v) is 31.4. The smallest absolute Gasteiger partial charge is 0.402 e. The molecule has 546 valence electrons. The minimum atomic E-state index is -4.15. The average Bonchev–Trinajstić information content (AvgIpc) is 1.67. The maximum absolute atomic E-state index is 13.6. The molecule has 0 amide bonds. The van der Waals surface area contributed by atoms with Gasteiger partial charge in [0.1, 0.15) is 67.6 Å². The lowest BCUT2D eigenvalue weighted by Crippen LogP contribution is -2.37. The van der Waals surface area contributed by atoms with E-state index in [4.69, 9.17) is 81.2 Å². The number of fused-ring (bicyclic) bond motifs is 4. The standard InChI is InChI=1S/C21H29N6O5P.C15H17ClN5O3P.C15H18N5O4P.C9H14N5O4P/c1-14(2)31-20(28)16(4)26-33(29,32-18-8-6-5-7-9-18)13-30-15(3)10-17-11-25-27-19(17)23-12-24-21(27)22;1-11(7-12-8-20-21-14(12)18-9-19-15(21)17)23-10-25(16,22)24-13-5-3-2-4-6-13;1-11(7-12-8-19-20-14(12)17-9-18-15(20)16)23-10-25(21,22)24-13-5-3-2-4-6-13;1-6(18-5-19(15,16)17)2-7-3-13-14-8(7)11-4-12-9(14)10/h5-9,11-12,14-16H,10,13H2,1-4H3,(H,26,29)(H2,22,23,24);2-6,8-9,11H,7,10H2,1H3,(H2,17,18,19);2-6,8-9,11H,7,10H2,1H3,(H,21,22)(H2,16,17,18);3-4,6H,2,5H2,1H3,(H2,10,11,12)(H2,15,16,17)/t15-,16+,33?;11-,25?;11-;6-/m1111/s1. The number of carbonyl (C=O) groups is 1. The summed E-state index contributed by atoms with van der Waals surface area (Å²) in [6.45, 7) is 8.80. The van der Waals surface area contributed by atoms with E-state index in [0.29, 0.717) is 65.5 Å². The van der Waals surface area contributed by atoms with Crippen LogP contribution in [0, 0.1) is 0 Å². The summed E-state index contributed by atoms with van der Waals surface area (Å²) in [5, 5.41) is 19.3. The summed E-state index contributed by atoms with van der Waals surface area (Å²) in [5.74, 6) is 1.56. The Bertz CT molecular complexity index is 4570. The van der Waals surface area contributed by atoms with Gasteiger partial charge in [-0.25, -0.2) is 49.5 Å². The number of nitrogens with zero attached hydrogens (tertiary/aromatic N) is 16. The molecule has 8 atom stereocenters. The van der Waals surface area contributed by atoms with E-state index in [0.717, 1.165) is 22.3 Å². The van der Waals surface area contributed by atoms with Gasteiger partial charge in [-0.15, -0.1) is 0 Å². The molecule has 0 aliphatic heterocycles. The van der Waals surface area contributed by atoms with Crippen LogP contribution in [0.3, 0.4) is 0 Å². The van der Waals surface area contributed by atoms with Crippen molar-refractivity contribution in [3.8, 4) is 17.2 Å². The molecule has 8 aromatic heterocycles. The van der Waals surface area contributed by atoms with Gasteiger partial charge in [0, 0.05) is 47.9 Å². The molecule has 0 radical (unpaired) electrons. The third-order valence-corrected chi connectivity index (χ3v) is 18.5. The molecular weight excluding hydrogens is 1430 g/mol. The van der Waals surface area contributed by atoms with Gasteiger partial charge in [-0.3, -0.25) is 18.5 Å². The van der Waals surface area contributed by atoms with E-state index in [-0.39, 0.29) is 67.0 Å². The van der Waals surface area contributed by atoms with Crippen LogP contribution in [-0.4, -0.2) is 161 Å². The summed E-state index contributed by atoms with van der Waals surface area (Å²) in [4.78, 5) is 71.7. The van der Waals surface area contributed by atoms with Gasteiger partial charge in [-0.05, 0) is 96.1 Å². The van der Waals surface area contributed by atoms with E-state index in [1.54, 1.807) is 138 Å². The fourth-order valence-corrected chi connectivity index (χ4v) is 13.7. The van der Waals surface area contributed by atoms with Crippen LogP contribution in [0.15, 0.2) is 141 Å². The number of rotatable bonds is 30. The normalized spacial score (nSPS) is 14.8. The lowest BCUT2D eigenvalue weighted by atomic mass is 10.2. The number of hydrogen-bond donors (Lipinski definition) is 8. The molecule has 42 heteroatoms. The van der Waals surface area contributed by atoms with Crippen LogP contribution < -0.4 is 41.6 Å². The fourth-order valence-electron chi connectivity index (χ4n) is 9.21. The van der Waals surface area contributed by atoms with Crippen LogP contribution in [0.1, 0.15) is 70.7 Å². The van der Waals surface area contributed by atoms with Crippen LogP contribution >= 0.6 is 40.7 Å². The van der Waals surface area contributed by atoms with Gasteiger partial charge >= 0.3 is 35.4 Å². The van der Waals surface area contributed by atoms with Gasteiger partial charge in [-0.2, -0.15) is 38.5 Å². The molecule has 0 saturated heterocycles. The van der Waals surface area contributed by atoms with Gasteiger partial charge < -0.3 is 74.9 Å². The van der Waals surface area contributed by atoms with E-state index in [1.165, 1.54) is 43.4 Å². The van der Waals surface area contributed by atoms with Crippen molar-refractivity contribution >= 4 is 93.0 Å². The molecule has 8 heterocycles. The molecule has 0 aliphatic carbocycles. The maximum Gasteiger partial charge on any atom is 0.402 e. The Morgan fingerprint density at radius 2 is 0.765 bits per heavy atom. The predicted octanol–water partition coefficient (Wildman–Crippen LogP) is 7.60. The molecule has 12 N–H and O–H groups in total. The summed E-state index contributed by atoms with van der Waals surface area (Å²) in [6, 6.07) is 25.0. The van der Waals surface area contributed by atoms with Crippen molar-refractivity contribution in [3.05, 3.63) is 163 Å². The highest BCUT2D eigenvalue weighted by Gasteiger charge is 2.33. The fraction of sp³-hybridized carbons (Fsp3) is 0.350. The Morgan fingerprint density at radius 1 is 0.451 bits per heavy atom. The number of nitrogen functional groups attached to an aromatic ring is 4. The van der Waals surface area contributed by atoms with Gasteiger partial charge in [0.05, 0.1) is 55.3 Å². The Hall–Kier alpha value is -9.18. The zero-order valence-corrected chi connectivity index (χ0v) is 60.5. The number of hydrogen-bond acceptors (Lipinski definition) is 29. The zero-order chi connectivity index (χ0) is 73.8. The third kappa shape index (κ3) is 24.0. The van der Waals surface area contributed by atoms with E-state index < -0.39 is 54.1 Å². The van der Waals surface area contributed by atoms with Gasteiger partial charge in [-0.1, -0.05) is 54.6 Å². The number of esters is 1. The first-order valence-corrected chi connectivity index (χ1v) is 39.2. The van der Waals surface area contributed by atoms with Gasteiger partial charge in [0.25, 0.3) is 0 Å². The Morgan fingerprint density at radius 3 is 1.11 bits per heavy atom. The van der Waals surface area contributed by atoms with E-state index in [1.807, 2.05) is 26.0 Å². The summed E-state index contributed by atoms with van der Waals surface area (Å²) < 4.78 is 97.9. The van der Waals surface area contributed by atoms with E-state index in [9.17, 15) is 27.9 Å². The number of nitrogens with two attached hydrogens (primary N) is 4. The molecule has 0 aliphatic rings. The van der Waals surface area contributed by atoms with Crippen molar-refractivity contribution in [2.75, 3.05) is 48.3 Å². The molecule has 11 aromatic rings. The molecule has 3 aromatic carbocycles. The monoisotopic (exact) mass is 1510 g/mol. The first-order chi connectivity index (χ1) is 48.4. The van der Waals surface area contributed by atoms with Crippen molar-refractivity contribution in [1.29, 1.82) is 0 Å². The predicted molar refractivity (Wildman–Crippen MR) is 375 cm³/mol. The number of carbonyl (C=O) groups excluding carboxylic acids is 1. The Labute approximate surface area is 588 Å². The third-order valence-electron chi connectivity index (χ3n) is 13.8. The van der Waals surface area contributed by atoms with Crippen LogP contribution in [-0.2, 0) is 72.4 Å². The second-order valence-electron chi connectivity index (χ2n) is 22.9. The maximum atomic E-state index is 13.6. The van der Waals surface area contributed by atoms with Gasteiger partial charge in [0.2, 0.25) is 23.8 Å². The molecule has 11 rings (SSSR count). The minimum Gasteiger partial charge on any atom is -0.462 e. The summed E-state index contributed by atoms with van der Waals surface area (Å²) in [5.41, 5.74) is 28.4. The average molecular weight is 1510 g/mol. The van der Waals surface area contributed by atoms with Gasteiger partial charge in [0.15, 0.2) is 28.9 Å². The largest absolute Gasteiger partial charge is 0.462 e. The number of anilines is 4. The Kier molecular flexibility index (Phi) is 27.8. The van der Waals surface area contributed by atoms with Crippen molar-refractivity contribution < 1.29 is 75.0 Å². The SMILES string of the molecule is CC(C)OC(=O)[C@H](C)NP(=O)(CO[C@H](C)Cc1cnn2c(N)ncnc12)Oc1ccccc1.C[C@H](Cc1cnn2c(N)ncnc12)OCP(=O)(Cl)Oc1ccccc1.C[C@H](Cc1cnn2c(N)ncnc12)OCP(=O)(O)O.C[C@H](Cc1cnn2c(N)ncnc12)OCP(=O)(O)Oc1ccccc1. The van der Waals surface area contributed by atoms with Crippen LogP contribution in [0.5, 0.6) is 17.2 Å². The van der Waals surface area contributed by atoms with E-state index >= 15 is 0 Å². The minimum absolute atomic E-state index is 0.207. The zero-order valence-electron chi connectivity index (χ0n) is 56.2. The van der Waals surface area contributed by atoms with Crippen LogP contribution in [0.2, 0.25) is 0 Å². The van der Waals surface area contributed by atoms with E-state index in [2.05, 4.69) is 65.4 Å². The summed E-state index contributed by atoms with van der Waals surface area (Å²) in [7, 11) is -11.7.